The molecule has 9 rings (SSSR count). The van der Waals surface area contributed by atoms with Crippen molar-refractivity contribution >= 4 is 79.0 Å². The van der Waals surface area contributed by atoms with Crippen molar-refractivity contribution in [3.63, 3.8) is 0 Å². The molecule has 2 saturated heterocycles. The van der Waals surface area contributed by atoms with Crippen molar-refractivity contribution in [2.45, 2.75) is 32.2 Å². The molecule has 7 aromatic rings. The van der Waals surface area contributed by atoms with E-state index in [-0.39, 0.29) is 37.7 Å². The maximum Gasteiger partial charge on any atom is 0.256 e. The average molecular weight is 870 g/mol. The number of methoxy groups -OCH3 is 1. The Kier molecular flexibility index (Phi) is 9.95. The number of rotatable bonds is 12. The first-order valence-electron chi connectivity index (χ1n) is 19.0. The van der Waals surface area contributed by atoms with E-state index in [1.54, 1.807) is 44.4 Å². The van der Waals surface area contributed by atoms with Crippen molar-refractivity contribution in [2.75, 3.05) is 66.8 Å². The summed E-state index contributed by atoms with van der Waals surface area (Å²) in [6, 6.07) is 5.12. The molecule has 22 heteroatoms. The van der Waals surface area contributed by atoms with E-state index in [0.29, 0.717) is 51.9 Å². The van der Waals surface area contributed by atoms with Crippen LogP contribution in [0.5, 0.6) is 5.88 Å². The molecule has 0 radical (unpaired) electrons. The van der Waals surface area contributed by atoms with Gasteiger partial charge in [-0.2, -0.15) is 29.5 Å². The Bertz CT molecular complexity index is 2730. The smallest absolute Gasteiger partial charge is 0.256 e. The number of amides is 1. The van der Waals surface area contributed by atoms with Gasteiger partial charge in [-0.25, -0.2) is 14.4 Å². The molecular formula is C37H42BrFN18O2. The van der Waals surface area contributed by atoms with E-state index >= 15 is 4.39 Å². The molecule has 0 aliphatic carbocycles. The number of piperazine rings is 1. The molecule has 8 heterocycles. The second-order valence-corrected chi connectivity index (χ2v) is 15.5. The monoisotopic (exact) mass is 868 g/mol. The van der Waals surface area contributed by atoms with Crippen LogP contribution in [0.3, 0.4) is 0 Å². The fourth-order valence-corrected chi connectivity index (χ4v) is 7.72. The molecule has 1 amide bonds. The molecular weight excluding hydrogens is 827 g/mol. The summed E-state index contributed by atoms with van der Waals surface area (Å²) in [6.45, 7) is 9.84. The fraction of sp³-hybridized carbons (Fsp3) is 0.378. The zero-order valence-corrected chi connectivity index (χ0v) is 34.4. The number of benzene rings is 1. The van der Waals surface area contributed by atoms with Crippen molar-refractivity contribution in [2.24, 2.45) is 14.1 Å². The first-order valence-corrected chi connectivity index (χ1v) is 19.8. The lowest BCUT2D eigenvalue weighted by atomic mass is 10.2. The van der Waals surface area contributed by atoms with Gasteiger partial charge >= 0.3 is 0 Å². The van der Waals surface area contributed by atoms with E-state index in [2.05, 4.69) is 63.9 Å². The molecule has 0 unspecified atom stereocenters. The number of nitrogens with one attached hydrogen (secondary N) is 4. The molecule has 4 N–H and O–H groups in total. The fourth-order valence-electron chi connectivity index (χ4n) is 7.37. The van der Waals surface area contributed by atoms with Crippen LogP contribution in [0.1, 0.15) is 11.4 Å². The van der Waals surface area contributed by atoms with E-state index in [1.807, 2.05) is 36.7 Å². The molecule has 2 aliphatic heterocycles. The summed E-state index contributed by atoms with van der Waals surface area (Å²) in [4.78, 5) is 46.1. The summed E-state index contributed by atoms with van der Waals surface area (Å²) in [5, 5.41) is 21.7. The molecule has 2 aliphatic rings. The summed E-state index contributed by atoms with van der Waals surface area (Å²) in [7, 11) is 5.13. The van der Waals surface area contributed by atoms with Crippen molar-refractivity contribution in [3.8, 4) is 5.88 Å². The van der Waals surface area contributed by atoms with Crippen molar-refractivity contribution < 1.29 is 13.9 Å². The standard InChI is InChI=1S/C37H42BrFN18O2/c1-20-6-7-27-24(12-20)44-28(14-41-35-50-37(54-10-8-40-9-11-54)48-31-22(38)13-43-57(31)35)56(27)15-21(2)33(58)46-25-18-55(16-23(25)39)36-47-30(29-32(49-36)52(3)19-42-29)45-26-17-53(4)51-34(26)59-5/h6-7,12-13,17,19,23,25,40H,2,8-11,14-16,18H2,1,3-5H3,(H,46,58)(H,41,48,50)(H,45,47,49)/t23-,25-/m1/s1. The van der Waals surface area contributed by atoms with Crippen LogP contribution in [-0.4, -0.2) is 123 Å². The van der Waals surface area contributed by atoms with E-state index in [1.165, 1.54) is 7.11 Å². The predicted molar refractivity (Wildman–Crippen MR) is 223 cm³/mol. The number of imidazole rings is 2. The maximum absolute atomic E-state index is 15.8. The lowest BCUT2D eigenvalue weighted by molar-refractivity contribution is -0.118. The quantitative estimate of drug-likeness (QED) is 0.131. The van der Waals surface area contributed by atoms with Gasteiger partial charge in [0, 0.05) is 52.4 Å². The van der Waals surface area contributed by atoms with Crippen LogP contribution in [-0.2, 0) is 32.0 Å². The number of carbonyl (C=O) groups is 1. The van der Waals surface area contributed by atoms with Crippen LogP contribution in [0.25, 0.3) is 27.8 Å². The number of hydrogen-bond acceptors (Lipinski definition) is 15. The first kappa shape index (κ1) is 38.1. The van der Waals surface area contributed by atoms with Gasteiger partial charge in [-0.05, 0) is 40.5 Å². The number of alkyl halides is 1. The third-order valence-electron chi connectivity index (χ3n) is 10.4. The maximum atomic E-state index is 15.8. The number of anilines is 5. The van der Waals surface area contributed by atoms with Gasteiger partial charge in [-0.3, -0.25) is 9.48 Å². The zero-order valence-electron chi connectivity index (χ0n) is 32.8. The second-order valence-electron chi connectivity index (χ2n) is 14.6. The van der Waals surface area contributed by atoms with Gasteiger partial charge in [0.1, 0.15) is 17.7 Å². The lowest BCUT2D eigenvalue weighted by Gasteiger charge is -2.27. The van der Waals surface area contributed by atoms with Crippen LogP contribution >= 0.6 is 15.9 Å². The third-order valence-corrected chi connectivity index (χ3v) is 11.0. The number of aromatic nitrogens is 12. The molecule has 1 aromatic carbocycles. The summed E-state index contributed by atoms with van der Waals surface area (Å²) in [6.07, 6.45) is 3.68. The predicted octanol–water partition coefficient (Wildman–Crippen LogP) is 2.63. The van der Waals surface area contributed by atoms with Crippen LogP contribution in [0.4, 0.5) is 33.7 Å². The molecule has 0 bridgehead atoms. The van der Waals surface area contributed by atoms with Gasteiger partial charge in [0.2, 0.25) is 23.8 Å². The van der Waals surface area contributed by atoms with Gasteiger partial charge in [0.25, 0.3) is 5.88 Å². The second kappa shape index (κ2) is 15.4. The highest BCUT2D eigenvalue weighted by molar-refractivity contribution is 9.10. The Labute approximate surface area is 345 Å². The van der Waals surface area contributed by atoms with Gasteiger partial charge in [0.05, 0.1) is 67.0 Å². The Morgan fingerprint density at radius 2 is 1.86 bits per heavy atom. The van der Waals surface area contributed by atoms with Gasteiger partial charge < -0.3 is 44.9 Å². The van der Waals surface area contributed by atoms with E-state index < -0.39 is 18.1 Å². The minimum atomic E-state index is -1.40. The van der Waals surface area contributed by atoms with Crippen LogP contribution in [0.15, 0.2) is 53.5 Å². The number of carbonyl (C=O) groups excluding carboxylic acids is 1. The molecule has 2 fully saturated rings. The number of hydrogen-bond donors (Lipinski definition) is 4. The number of ether oxygens (including phenoxy) is 1. The van der Waals surface area contributed by atoms with E-state index in [9.17, 15) is 4.79 Å². The topological polar surface area (TPSA) is 203 Å². The summed E-state index contributed by atoms with van der Waals surface area (Å²) >= 11 is 3.58. The Hall–Kier alpha value is -6.42. The van der Waals surface area contributed by atoms with E-state index in [0.717, 1.165) is 47.2 Å². The van der Waals surface area contributed by atoms with Gasteiger partial charge in [-0.15, -0.1) is 5.10 Å². The largest absolute Gasteiger partial charge is 0.478 e. The summed E-state index contributed by atoms with van der Waals surface area (Å²) < 4.78 is 28.9. The Morgan fingerprint density at radius 3 is 2.68 bits per heavy atom. The van der Waals surface area contributed by atoms with Crippen molar-refractivity contribution in [1.29, 1.82) is 0 Å². The number of nitrogens with zero attached hydrogens (tertiary/aromatic N) is 14. The molecule has 0 spiro atoms. The molecule has 6 aromatic heterocycles. The third kappa shape index (κ3) is 7.32. The summed E-state index contributed by atoms with van der Waals surface area (Å²) in [5.74, 6) is 2.33. The highest BCUT2D eigenvalue weighted by atomic mass is 79.9. The minimum absolute atomic E-state index is 0.0305. The Morgan fingerprint density at radius 1 is 1.07 bits per heavy atom. The molecule has 2 atom stereocenters. The molecule has 306 valence electrons. The average Bonchev–Trinajstić information content (AvgIpc) is 4.06. The van der Waals surface area contributed by atoms with Crippen molar-refractivity contribution in [3.05, 3.63) is 64.9 Å². The highest BCUT2D eigenvalue weighted by Crippen LogP contribution is 2.31. The number of fused-ring (bicyclic) bond motifs is 3. The van der Waals surface area contributed by atoms with Gasteiger partial charge in [0.15, 0.2) is 22.6 Å². The van der Waals surface area contributed by atoms with Crippen LogP contribution in [0.2, 0.25) is 0 Å². The van der Waals surface area contributed by atoms with Crippen LogP contribution < -0.4 is 35.8 Å². The zero-order chi connectivity index (χ0) is 40.9. The van der Waals surface area contributed by atoms with E-state index in [4.69, 9.17) is 29.7 Å². The number of halogens is 2. The molecule has 0 saturated carbocycles. The normalized spacial score (nSPS) is 17.1. The minimum Gasteiger partial charge on any atom is -0.478 e. The SMILES string of the molecule is C=C(Cn1c(CNc2nc(N3CCNCC3)nc3c(Br)cnn23)nc2cc(C)ccc21)C(=O)N[C@@H]1CN(c2nc(Nc3cn(C)nc3OC)c3ncn(C)c3n2)C[C@H]1F. The first-order chi connectivity index (χ1) is 28.5. The highest BCUT2D eigenvalue weighted by Gasteiger charge is 2.36. The van der Waals surface area contributed by atoms with Crippen molar-refractivity contribution in [1.82, 2.24) is 69.1 Å². The number of aryl methyl sites for hydroxylation is 3. The Balaban J connectivity index is 0.924. The molecule has 59 heavy (non-hydrogen) atoms. The van der Waals surface area contributed by atoms with Gasteiger partial charge in [-0.1, -0.05) is 12.6 Å². The molecule has 20 nitrogen and oxygen atoms in total. The van der Waals surface area contributed by atoms with Crippen LogP contribution in [0, 0.1) is 6.92 Å². The summed E-state index contributed by atoms with van der Waals surface area (Å²) in [5.41, 5.74) is 5.16. The lowest BCUT2D eigenvalue weighted by Crippen LogP contribution is -2.44.